The van der Waals surface area contributed by atoms with Crippen molar-refractivity contribution < 1.29 is 9.53 Å². The minimum absolute atomic E-state index is 0.0801. The van der Waals surface area contributed by atoms with Crippen molar-refractivity contribution in [2.45, 2.75) is 63.8 Å². The van der Waals surface area contributed by atoms with Gasteiger partial charge in [-0.1, -0.05) is 31.9 Å². The molecule has 6 nitrogen and oxygen atoms in total. The van der Waals surface area contributed by atoms with Gasteiger partial charge < -0.3 is 20.3 Å². The number of likely N-dealkylation sites (tertiary alicyclic amines) is 1. The first kappa shape index (κ1) is 21.5. The van der Waals surface area contributed by atoms with Gasteiger partial charge in [0, 0.05) is 37.5 Å². The summed E-state index contributed by atoms with van der Waals surface area (Å²) in [6.45, 7) is 7.19. The smallest absolute Gasteiger partial charge is 0.222 e. The molecule has 29 heavy (non-hydrogen) atoms. The zero-order chi connectivity index (χ0) is 20.7. The van der Waals surface area contributed by atoms with Gasteiger partial charge in [-0.3, -0.25) is 9.79 Å². The summed E-state index contributed by atoms with van der Waals surface area (Å²) in [5, 5.41) is 6.95. The number of nitrogens with one attached hydrogen (secondary N) is 2. The third-order valence-electron chi connectivity index (χ3n) is 6.31. The van der Waals surface area contributed by atoms with Crippen LogP contribution < -0.4 is 15.4 Å². The fourth-order valence-corrected chi connectivity index (χ4v) is 4.61. The Morgan fingerprint density at radius 3 is 2.79 bits per heavy atom. The first-order valence-corrected chi connectivity index (χ1v) is 11.1. The summed E-state index contributed by atoms with van der Waals surface area (Å²) in [7, 11) is 1.72. The highest BCUT2D eigenvalue weighted by molar-refractivity contribution is 5.80. The molecule has 1 aromatic carbocycles. The monoisotopic (exact) mass is 400 g/mol. The van der Waals surface area contributed by atoms with E-state index in [0.29, 0.717) is 6.42 Å². The van der Waals surface area contributed by atoms with Crippen LogP contribution in [0.15, 0.2) is 29.3 Å². The predicted octanol–water partition coefficient (Wildman–Crippen LogP) is 3.07. The number of guanidine groups is 1. The van der Waals surface area contributed by atoms with Crippen LogP contribution in [0.25, 0.3) is 0 Å². The van der Waals surface area contributed by atoms with Crippen molar-refractivity contribution in [3.63, 3.8) is 0 Å². The minimum Gasteiger partial charge on any atom is -0.497 e. The summed E-state index contributed by atoms with van der Waals surface area (Å²) in [5.74, 6) is 2.01. The van der Waals surface area contributed by atoms with E-state index >= 15 is 0 Å². The first-order chi connectivity index (χ1) is 14.1. The predicted molar refractivity (Wildman–Crippen MR) is 118 cm³/mol. The summed E-state index contributed by atoms with van der Waals surface area (Å²) in [5.41, 5.74) is 1.41. The van der Waals surface area contributed by atoms with Gasteiger partial charge in [-0.25, -0.2) is 0 Å². The van der Waals surface area contributed by atoms with Crippen LogP contribution in [-0.4, -0.2) is 56.1 Å². The number of benzene rings is 1. The Balaban J connectivity index is 1.71. The molecule has 3 rings (SSSR count). The van der Waals surface area contributed by atoms with E-state index in [2.05, 4.69) is 35.8 Å². The van der Waals surface area contributed by atoms with Gasteiger partial charge in [0.05, 0.1) is 13.7 Å². The second kappa shape index (κ2) is 9.99. The number of methoxy groups -OCH3 is 1. The Morgan fingerprint density at radius 2 is 2.10 bits per heavy atom. The molecule has 1 atom stereocenters. The van der Waals surface area contributed by atoms with Crippen molar-refractivity contribution in [3.05, 3.63) is 29.8 Å². The van der Waals surface area contributed by atoms with Crippen molar-refractivity contribution in [2.75, 3.05) is 33.3 Å². The van der Waals surface area contributed by atoms with E-state index in [1.807, 2.05) is 17.9 Å². The van der Waals surface area contributed by atoms with Crippen LogP contribution in [0.2, 0.25) is 0 Å². The molecule has 1 aliphatic carbocycles. The molecule has 160 valence electrons. The maximum absolute atomic E-state index is 12.0. The zero-order valence-electron chi connectivity index (χ0n) is 18.2. The molecule has 0 radical (unpaired) electrons. The average Bonchev–Trinajstić information content (AvgIpc) is 3.42. The Hall–Kier alpha value is -2.24. The van der Waals surface area contributed by atoms with Crippen LogP contribution in [-0.2, 0) is 10.2 Å². The summed E-state index contributed by atoms with van der Waals surface area (Å²) >= 11 is 0. The number of rotatable bonds is 7. The molecule has 0 aromatic heterocycles. The lowest BCUT2D eigenvalue weighted by atomic mass is 9.79. The minimum atomic E-state index is 0.0801. The van der Waals surface area contributed by atoms with Gasteiger partial charge in [0.2, 0.25) is 5.91 Å². The fourth-order valence-electron chi connectivity index (χ4n) is 4.61. The van der Waals surface area contributed by atoms with E-state index < -0.39 is 0 Å². The van der Waals surface area contributed by atoms with Crippen LogP contribution in [0.4, 0.5) is 0 Å². The molecule has 2 aliphatic rings. The molecular weight excluding hydrogens is 364 g/mol. The molecular formula is C23H36N4O2. The Bertz CT molecular complexity index is 713. The molecule has 2 N–H and O–H groups in total. The van der Waals surface area contributed by atoms with Crippen LogP contribution in [0, 0.1) is 0 Å². The number of hydrogen-bond donors (Lipinski definition) is 2. The second-order valence-electron chi connectivity index (χ2n) is 8.24. The van der Waals surface area contributed by atoms with Crippen LogP contribution in [0.3, 0.4) is 0 Å². The van der Waals surface area contributed by atoms with Gasteiger partial charge in [-0.2, -0.15) is 0 Å². The van der Waals surface area contributed by atoms with Crippen molar-refractivity contribution in [1.29, 1.82) is 0 Å². The van der Waals surface area contributed by atoms with E-state index in [0.717, 1.165) is 57.2 Å². The Morgan fingerprint density at radius 1 is 1.31 bits per heavy atom. The Labute approximate surface area is 175 Å². The highest BCUT2D eigenvalue weighted by Crippen LogP contribution is 2.42. The number of nitrogens with zero attached hydrogens (tertiary/aromatic N) is 2. The maximum Gasteiger partial charge on any atom is 0.222 e. The highest BCUT2D eigenvalue weighted by atomic mass is 16.5. The van der Waals surface area contributed by atoms with E-state index in [9.17, 15) is 4.79 Å². The van der Waals surface area contributed by atoms with Crippen LogP contribution >= 0.6 is 0 Å². The van der Waals surface area contributed by atoms with Crippen LogP contribution in [0.1, 0.15) is 57.9 Å². The number of amides is 1. The van der Waals surface area contributed by atoms with Gasteiger partial charge in [0.25, 0.3) is 0 Å². The summed E-state index contributed by atoms with van der Waals surface area (Å²) < 4.78 is 5.46. The van der Waals surface area contributed by atoms with Gasteiger partial charge in [0.15, 0.2) is 5.96 Å². The standard InChI is InChI=1S/C23H36N4O2/c1-4-21(28)27-14-11-19(16-27)26-22(24-5-2)25-17-23(12-6-7-13-23)18-9-8-10-20(15-18)29-3/h8-10,15,19H,4-7,11-14,16-17H2,1-3H3,(H2,24,25,26). The van der Waals surface area contributed by atoms with Crippen molar-refractivity contribution in [1.82, 2.24) is 15.5 Å². The van der Waals surface area contributed by atoms with Gasteiger partial charge >= 0.3 is 0 Å². The lowest BCUT2D eigenvalue weighted by molar-refractivity contribution is -0.129. The SMILES string of the molecule is CCNC(=NCC1(c2cccc(OC)c2)CCCC1)NC1CCN(C(=O)CC)C1. The molecule has 1 amide bonds. The van der Waals surface area contributed by atoms with E-state index in [1.165, 1.54) is 18.4 Å². The largest absolute Gasteiger partial charge is 0.497 e. The highest BCUT2D eigenvalue weighted by Gasteiger charge is 2.36. The lowest BCUT2D eigenvalue weighted by Crippen LogP contribution is -2.45. The van der Waals surface area contributed by atoms with Gasteiger partial charge in [-0.05, 0) is 43.9 Å². The van der Waals surface area contributed by atoms with E-state index in [4.69, 9.17) is 9.73 Å². The summed E-state index contributed by atoms with van der Waals surface area (Å²) in [6.07, 6.45) is 6.35. The number of aliphatic imine (C=N–C) groups is 1. The van der Waals surface area contributed by atoms with Crippen molar-refractivity contribution in [3.8, 4) is 5.75 Å². The summed E-state index contributed by atoms with van der Waals surface area (Å²) in [4.78, 5) is 18.9. The number of ether oxygens (including phenoxy) is 1. The van der Waals surface area contributed by atoms with Gasteiger partial charge in [0.1, 0.15) is 5.75 Å². The molecule has 0 spiro atoms. The molecule has 0 bridgehead atoms. The number of carbonyl (C=O) groups excluding carboxylic acids is 1. The lowest BCUT2D eigenvalue weighted by Gasteiger charge is -2.29. The summed E-state index contributed by atoms with van der Waals surface area (Å²) in [6, 6.07) is 8.74. The molecule has 1 saturated carbocycles. The van der Waals surface area contributed by atoms with Crippen molar-refractivity contribution in [2.24, 2.45) is 4.99 Å². The second-order valence-corrected chi connectivity index (χ2v) is 8.24. The topological polar surface area (TPSA) is 66.0 Å². The third-order valence-corrected chi connectivity index (χ3v) is 6.31. The first-order valence-electron chi connectivity index (χ1n) is 11.1. The molecule has 2 fully saturated rings. The van der Waals surface area contributed by atoms with Crippen molar-refractivity contribution >= 4 is 11.9 Å². The average molecular weight is 401 g/mol. The Kier molecular flexibility index (Phi) is 7.40. The molecule has 6 heteroatoms. The molecule has 1 heterocycles. The fraction of sp³-hybridized carbons (Fsp3) is 0.652. The van der Waals surface area contributed by atoms with E-state index in [1.54, 1.807) is 7.11 Å². The number of hydrogen-bond acceptors (Lipinski definition) is 3. The van der Waals surface area contributed by atoms with Gasteiger partial charge in [-0.15, -0.1) is 0 Å². The number of carbonyl (C=O) groups is 1. The zero-order valence-corrected chi connectivity index (χ0v) is 18.2. The molecule has 1 aromatic rings. The molecule has 1 saturated heterocycles. The maximum atomic E-state index is 12.0. The normalized spacial score (nSPS) is 21.3. The quantitative estimate of drug-likeness (QED) is 0.545. The molecule has 1 unspecified atom stereocenters. The third kappa shape index (κ3) is 5.22. The van der Waals surface area contributed by atoms with Crippen LogP contribution in [0.5, 0.6) is 5.75 Å². The molecule has 1 aliphatic heterocycles. The van der Waals surface area contributed by atoms with E-state index in [-0.39, 0.29) is 17.4 Å².